The van der Waals surface area contributed by atoms with Crippen molar-refractivity contribution in [3.8, 4) is 5.75 Å². The van der Waals surface area contributed by atoms with Crippen molar-refractivity contribution in [3.63, 3.8) is 0 Å². The molecule has 0 aliphatic carbocycles. The first-order valence-corrected chi connectivity index (χ1v) is 13.5. The number of esters is 2. The van der Waals surface area contributed by atoms with Gasteiger partial charge in [0.1, 0.15) is 23.3 Å². The molecule has 1 aromatic heterocycles. The Labute approximate surface area is 207 Å². The van der Waals surface area contributed by atoms with Gasteiger partial charge in [0.15, 0.2) is 0 Å². The Bertz CT molecular complexity index is 1230. The quantitative estimate of drug-likeness (QED) is 0.168. The summed E-state index contributed by atoms with van der Waals surface area (Å²) in [5.41, 5.74) is 0.0715. The first kappa shape index (κ1) is 26.6. The second-order valence-electron chi connectivity index (χ2n) is 7.65. The highest BCUT2D eigenvalue weighted by Crippen LogP contribution is 2.58. The van der Waals surface area contributed by atoms with Crippen molar-refractivity contribution in [2.75, 3.05) is 13.2 Å². The molecule has 0 radical (unpaired) electrons. The third-order valence-corrected chi connectivity index (χ3v) is 8.03. The lowest BCUT2D eigenvalue weighted by Gasteiger charge is -2.26. The zero-order valence-electron chi connectivity index (χ0n) is 19.4. The standard InChI is InChI=1S/C25H27FNO6PS/c1-4-13-31-24(28)17(3)27-34(30,33-20-9-7-6-8-10-20)23(26)18-11-12-21-19(15-18)16-22(35-21)25(29)32-14-5-2/h5-12,15-17,23H,2,4,13-14H2,1,3H3,(H,27,30)/t17-,23?,34?/m0/s1. The number of rotatable bonds is 12. The lowest BCUT2D eigenvalue weighted by molar-refractivity contribution is -0.145. The Morgan fingerprint density at radius 2 is 1.91 bits per heavy atom. The number of fused-ring (bicyclic) bond motifs is 1. The van der Waals surface area contributed by atoms with Crippen LogP contribution >= 0.6 is 18.9 Å². The average Bonchev–Trinajstić information content (AvgIpc) is 3.29. The van der Waals surface area contributed by atoms with Crippen LogP contribution in [0.15, 0.2) is 67.3 Å². The highest BCUT2D eigenvalue weighted by Gasteiger charge is 2.40. The molecule has 0 fully saturated rings. The summed E-state index contributed by atoms with van der Waals surface area (Å²) in [6.07, 6.45) is 2.08. The lowest BCUT2D eigenvalue weighted by Crippen LogP contribution is -2.35. The number of halogens is 1. The summed E-state index contributed by atoms with van der Waals surface area (Å²) in [5.74, 6) is -3.09. The minimum absolute atomic E-state index is 0.0715. The molecule has 3 aromatic rings. The van der Waals surface area contributed by atoms with Crippen LogP contribution < -0.4 is 9.61 Å². The number of thiophene rings is 1. The molecule has 10 heteroatoms. The Morgan fingerprint density at radius 1 is 1.17 bits per heavy atom. The molecule has 2 unspecified atom stereocenters. The number of alkyl halides is 1. The Balaban J connectivity index is 1.91. The van der Waals surface area contributed by atoms with Gasteiger partial charge in [0.2, 0.25) is 5.91 Å². The van der Waals surface area contributed by atoms with Gasteiger partial charge in [0.05, 0.1) is 6.61 Å². The average molecular weight is 520 g/mol. The molecule has 35 heavy (non-hydrogen) atoms. The summed E-state index contributed by atoms with van der Waals surface area (Å²) in [6.45, 7) is 7.07. The number of para-hydroxylation sites is 1. The van der Waals surface area contributed by atoms with Crippen LogP contribution in [0.5, 0.6) is 5.75 Å². The number of nitrogens with one attached hydrogen (secondary N) is 1. The van der Waals surface area contributed by atoms with Gasteiger partial charge in [-0.15, -0.1) is 11.3 Å². The fraction of sp³-hybridized carbons (Fsp3) is 0.280. The number of carbonyl (C=O) groups excluding carboxylic acids is 2. The third-order valence-electron chi connectivity index (χ3n) is 4.81. The second kappa shape index (κ2) is 12.1. The van der Waals surface area contributed by atoms with E-state index in [1.54, 1.807) is 42.5 Å². The smallest absolute Gasteiger partial charge is 0.355 e. The van der Waals surface area contributed by atoms with Gasteiger partial charge in [0.25, 0.3) is 0 Å². The SMILES string of the molecule is C=CCOC(=O)c1cc2cc(C(F)P(=O)(N[C@@H](C)C(=O)OCCC)Oc3ccccc3)ccc2s1. The number of carbonyl (C=O) groups is 2. The number of hydrogen-bond acceptors (Lipinski definition) is 7. The van der Waals surface area contributed by atoms with Gasteiger partial charge in [-0.25, -0.2) is 14.3 Å². The van der Waals surface area contributed by atoms with Gasteiger partial charge in [-0.2, -0.15) is 0 Å². The maximum absolute atomic E-state index is 15.9. The summed E-state index contributed by atoms with van der Waals surface area (Å²) in [5, 5.41) is 3.13. The van der Waals surface area contributed by atoms with E-state index in [-0.39, 0.29) is 24.5 Å². The molecule has 0 amide bonds. The summed E-state index contributed by atoms with van der Waals surface area (Å²) in [4.78, 5) is 24.8. The van der Waals surface area contributed by atoms with E-state index in [9.17, 15) is 14.2 Å². The normalized spacial score (nSPS) is 14.5. The van der Waals surface area contributed by atoms with Gasteiger partial charge < -0.3 is 14.0 Å². The van der Waals surface area contributed by atoms with Crippen LogP contribution in [0.1, 0.15) is 41.4 Å². The molecule has 0 saturated carbocycles. The molecule has 0 aliphatic rings. The van der Waals surface area contributed by atoms with Crippen molar-refractivity contribution in [2.45, 2.75) is 32.2 Å². The largest absolute Gasteiger partial charge is 0.465 e. The molecule has 7 nitrogen and oxygen atoms in total. The molecular formula is C25H27FNO6PS. The Hall–Kier alpha value is -3.00. The minimum Gasteiger partial charge on any atom is -0.465 e. The van der Waals surface area contributed by atoms with Crippen LogP contribution in [-0.4, -0.2) is 31.2 Å². The maximum atomic E-state index is 15.9. The van der Waals surface area contributed by atoms with E-state index >= 15 is 4.39 Å². The van der Waals surface area contributed by atoms with E-state index in [0.717, 1.165) is 4.70 Å². The maximum Gasteiger partial charge on any atom is 0.355 e. The van der Waals surface area contributed by atoms with Gasteiger partial charge in [-0.1, -0.05) is 43.8 Å². The van der Waals surface area contributed by atoms with Gasteiger partial charge in [0, 0.05) is 4.70 Å². The number of ether oxygens (including phenoxy) is 2. The van der Waals surface area contributed by atoms with E-state index in [4.69, 9.17) is 14.0 Å². The minimum atomic E-state index is -4.32. The predicted molar refractivity (Wildman–Crippen MR) is 135 cm³/mol. The van der Waals surface area contributed by atoms with Crippen molar-refractivity contribution in [1.29, 1.82) is 0 Å². The Morgan fingerprint density at radius 3 is 2.60 bits per heavy atom. The number of hydrogen-bond donors (Lipinski definition) is 1. The molecule has 186 valence electrons. The third kappa shape index (κ3) is 6.78. The molecular weight excluding hydrogens is 492 g/mol. The van der Waals surface area contributed by atoms with E-state index in [1.807, 2.05) is 6.92 Å². The Kier molecular flexibility index (Phi) is 9.20. The zero-order chi connectivity index (χ0) is 25.4. The van der Waals surface area contributed by atoms with E-state index in [0.29, 0.717) is 16.7 Å². The second-order valence-corrected chi connectivity index (χ2v) is 10.8. The van der Waals surface area contributed by atoms with Gasteiger partial charge in [-0.3, -0.25) is 9.36 Å². The number of benzene rings is 2. The topological polar surface area (TPSA) is 90.9 Å². The first-order chi connectivity index (χ1) is 16.8. The molecule has 3 atom stereocenters. The van der Waals surface area contributed by atoms with Crippen LogP contribution in [0.2, 0.25) is 0 Å². The van der Waals surface area contributed by atoms with Crippen molar-refractivity contribution < 1.29 is 32.5 Å². The van der Waals surface area contributed by atoms with Crippen LogP contribution in [0, 0.1) is 0 Å². The van der Waals surface area contributed by atoms with Crippen molar-refractivity contribution in [3.05, 3.63) is 77.7 Å². The fourth-order valence-electron chi connectivity index (χ4n) is 3.14. The highest BCUT2D eigenvalue weighted by molar-refractivity contribution is 7.57. The fourth-order valence-corrected chi connectivity index (χ4v) is 5.99. The van der Waals surface area contributed by atoms with E-state index in [1.165, 1.54) is 36.5 Å². The first-order valence-electron chi connectivity index (χ1n) is 11.0. The summed E-state index contributed by atoms with van der Waals surface area (Å²) < 4.78 is 46.3. The van der Waals surface area contributed by atoms with Crippen LogP contribution in [0.25, 0.3) is 10.1 Å². The van der Waals surface area contributed by atoms with Crippen molar-refractivity contribution in [1.82, 2.24) is 5.09 Å². The summed E-state index contributed by atoms with van der Waals surface area (Å²) >= 11 is 1.20. The zero-order valence-corrected chi connectivity index (χ0v) is 21.2. The molecule has 0 spiro atoms. The van der Waals surface area contributed by atoms with E-state index < -0.39 is 31.4 Å². The molecule has 3 rings (SSSR count). The molecule has 0 saturated heterocycles. The highest BCUT2D eigenvalue weighted by atomic mass is 32.1. The summed E-state index contributed by atoms with van der Waals surface area (Å²) in [6, 6.07) is 13.3. The van der Waals surface area contributed by atoms with Gasteiger partial charge in [-0.05, 0) is 54.6 Å². The predicted octanol–water partition coefficient (Wildman–Crippen LogP) is 6.42. The van der Waals surface area contributed by atoms with E-state index in [2.05, 4.69) is 11.7 Å². The monoisotopic (exact) mass is 519 g/mol. The van der Waals surface area contributed by atoms with Gasteiger partial charge >= 0.3 is 19.5 Å². The molecule has 2 aromatic carbocycles. The lowest BCUT2D eigenvalue weighted by atomic mass is 10.2. The molecule has 0 aliphatic heterocycles. The van der Waals surface area contributed by atoms with Crippen LogP contribution in [0.3, 0.4) is 0 Å². The van der Waals surface area contributed by atoms with Crippen LogP contribution in [0.4, 0.5) is 4.39 Å². The molecule has 1 heterocycles. The van der Waals surface area contributed by atoms with Crippen molar-refractivity contribution >= 4 is 40.9 Å². The van der Waals surface area contributed by atoms with Crippen LogP contribution in [-0.2, 0) is 18.8 Å². The molecule has 0 bridgehead atoms. The molecule has 1 N–H and O–H groups in total. The summed E-state index contributed by atoms with van der Waals surface area (Å²) in [7, 11) is -4.32. The van der Waals surface area contributed by atoms with Crippen molar-refractivity contribution in [2.24, 2.45) is 0 Å².